The minimum atomic E-state index is -0.445. The first-order valence-corrected chi connectivity index (χ1v) is 7.10. The Morgan fingerprint density at radius 3 is 2.79 bits per heavy atom. The van der Waals surface area contributed by atoms with Gasteiger partial charge >= 0.3 is 0 Å². The lowest BCUT2D eigenvalue weighted by atomic mass is 10.1. The summed E-state index contributed by atoms with van der Waals surface area (Å²) in [4.78, 5) is 1.89. The molecule has 1 aliphatic carbocycles. The predicted octanol–water partition coefficient (Wildman–Crippen LogP) is 2.85. The molecule has 0 aromatic heterocycles. The van der Waals surface area contributed by atoms with Gasteiger partial charge in [0.25, 0.3) is 0 Å². The van der Waals surface area contributed by atoms with Crippen LogP contribution in [0.5, 0.6) is 0 Å². The molecule has 2 fully saturated rings. The fraction of sp³-hybridized carbons (Fsp3) is 0.600. The van der Waals surface area contributed by atoms with Crippen LogP contribution in [0.1, 0.15) is 24.8 Å². The van der Waals surface area contributed by atoms with Crippen LogP contribution in [-0.4, -0.2) is 25.7 Å². The molecule has 0 spiro atoms. The maximum atomic E-state index is 14.2. The van der Waals surface area contributed by atoms with E-state index in [0.717, 1.165) is 13.0 Å². The minimum Gasteiger partial charge on any atom is -0.365 e. The van der Waals surface area contributed by atoms with Gasteiger partial charge in [0, 0.05) is 19.1 Å². The molecule has 2 aliphatic rings. The van der Waals surface area contributed by atoms with Crippen LogP contribution in [0.25, 0.3) is 0 Å². The van der Waals surface area contributed by atoms with Crippen LogP contribution in [0.2, 0.25) is 0 Å². The van der Waals surface area contributed by atoms with Crippen molar-refractivity contribution in [3.05, 3.63) is 29.3 Å². The molecule has 3 rings (SSSR count). The van der Waals surface area contributed by atoms with Crippen molar-refractivity contribution < 1.29 is 8.78 Å². The predicted molar refractivity (Wildman–Crippen MR) is 72.4 cm³/mol. The van der Waals surface area contributed by atoms with Crippen LogP contribution in [0.3, 0.4) is 0 Å². The standard InChI is InChI=1S/C15H20F2N2/c1-10-3-6-12(16)15(14(10)17)19-8-2-7-18-13(9-19)11-4-5-11/h3,6,11,13,18H,2,4-5,7-9H2,1H3. The fourth-order valence-corrected chi connectivity index (χ4v) is 2.90. The molecular weight excluding hydrogens is 246 g/mol. The molecule has 1 heterocycles. The largest absolute Gasteiger partial charge is 0.365 e. The number of anilines is 1. The summed E-state index contributed by atoms with van der Waals surface area (Å²) in [5.74, 6) is -0.160. The van der Waals surface area contributed by atoms with Crippen LogP contribution in [0.4, 0.5) is 14.5 Å². The second-order valence-electron chi connectivity index (χ2n) is 5.72. The number of rotatable bonds is 2. The highest BCUT2D eigenvalue weighted by Gasteiger charge is 2.34. The van der Waals surface area contributed by atoms with Gasteiger partial charge in [0.05, 0.1) is 0 Å². The van der Waals surface area contributed by atoms with Crippen molar-refractivity contribution >= 4 is 5.69 Å². The van der Waals surface area contributed by atoms with Gasteiger partial charge in [-0.25, -0.2) is 8.78 Å². The van der Waals surface area contributed by atoms with E-state index in [4.69, 9.17) is 0 Å². The molecule has 1 atom stereocenters. The van der Waals surface area contributed by atoms with Gasteiger partial charge in [-0.1, -0.05) is 6.07 Å². The Hall–Kier alpha value is -1.16. The highest BCUT2D eigenvalue weighted by molar-refractivity contribution is 5.52. The lowest BCUT2D eigenvalue weighted by molar-refractivity contribution is 0.484. The Morgan fingerprint density at radius 1 is 1.26 bits per heavy atom. The number of nitrogens with one attached hydrogen (secondary N) is 1. The molecule has 1 saturated heterocycles. The van der Waals surface area contributed by atoms with Crippen molar-refractivity contribution in [2.45, 2.75) is 32.2 Å². The summed E-state index contributed by atoms with van der Waals surface area (Å²) in [5, 5.41) is 3.51. The van der Waals surface area contributed by atoms with Crippen LogP contribution < -0.4 is 10.2 Å². The van der Waals surface area contributed by atoms with Gasteiger partial charge in [0.15, 0.2) is 5.82 Å². The van der Waals surface area contributed by atoms with E-state index < -0.39 is 11.6 Å². The van der Waals surface area contributed by atoms with Crippen LogP contribution in [0, 0.1) is 24.5 Å². The monoisotopic (exact) mass is 266 g/mol. The van der Waals surface area contributed by atoms with E-state index in [0.29, 0.717) is 30.6 Å². The summed E-state index contributed by atoms with van der Waals surface area (Å²) in [7, 11) is 0. The van der Waals surface area contributed by atoms with Crippen LogP contribution in [0.15, 0.2) is 12.1 Å². The Kier molecular flexibility index (Phi) is 3.44. The zero-order valence-electron chi connectivity index (χ0n) is 11.3. The average Bonchev–Trinajstić information content (AvgIpc) is 3.20. The van der Waals surface area contributed by atoms with Crippen molar-refractivity contribution in [3.8, 4) is 0 Å². The molecule has 0 amide bonds. The zero-order chi connectivity index (χ0) is 13.4. The summed E-state index contributed by atoms with van der Waals surface area (Å²) in [6.07, 6.45) is 3.41. The van der Waals surface area contributed by atoms with E-state index in [9.17, 15) is 8.78 Å². The molecule has 1 unspecified atom stereocenters. The topological polar surface area (TPSA) is 15.3 Å². The molecule has 1 aliphatic heterocycles. The van der Waals surface area contributed by atoms with Gasteiger partial charge in [-0.15, -0.1) is 0 Å². The maximum Gasteiger partial charge on any atom is 0.152 e. The smallest absolute Gasteiger partial charge is 0.152 e. The minimum absolute atomic E-state index is 0.161. The van der Waals surface area contributed by atoms with Crippen molar-refractivity contribution in [2.75, 3.05) is 24.5 Å². The van der Waals surface area contributed by atoms with E-state index in [2.05, 4.69) is 5.32 Å². The zero-order valence-corrected chi connectivity index (χ0v) is 11.3. The number of hydrogen-bond donors (Lipinski definition) is 1. The quantitative estimate of drug-likeness (QED) is 0.885. The van der Waals surface area contributed by atoms with Crippen LogP contribution in [-0.2, 0) is 0 Å². The summed E-state index contributed by atoms with van der Waals surface area (Å²) in [5.41, 5.74) is 0.672. The van der Waals surface area contributed by atoms with Gasteiger partial charge in [-0.05, 0) is 50.3 Å². The first-order chi connectivity index (χ1) is 9.16. The van der Waals surface area contributed by atoms with E-state index in [1.54, 1.807) is 6.92 Å². The van der Waals surface area contributed by atoms with E-state index >= 15 is 0 Å². The number of halogens is 2. The summed E-state index contributed by atoms with van der Waals surface area (Å²) in [6, 6.07) is 3.25. The number of hydrogen-bond acceptors (Lipinski definition) is 2. The Labute approximate surface area is 112 Å². The van der Waals surface area contributed by atoms with Crippen molar-refractivity contribution in [3.63, 3.8) is 0 Å². The summed E-state index contributed by atoms with van der Waals surface area (Å²) < 4.78 is 28.2. The third-order valence-corrected chi connectivity index (χ3v) is 4.20. The third kappa shape index (κ3) is 2.59. The molecule has 0 radical (unpaired) electrons. The van der Waals surface area contributed by atoms with E-state index in [1.165, 1.54) is 25.0 Å². The fourth-order valence-electron chi connectivity index (χ4n) is 2.90. The van der Waals surface area contributed by atoms with Gasteiger partial charge in [0.1, 0.15) is 11.5 Å². The van der Waals surface area contributed by atoms with Gasteiger partial charge in [-0.3, -0.25) is 0 Å². The van der Waals surface area contributed by atoms with Crippen molar-refractivity contribution in [1.29, 1.82) is 0 Å². The lowest BCUT2D eigenvalue weighted by Crippen LogP contribution is -2.40. The highest BCUT2D eigenvalue weighted by Crippen LogP contribution is 2.35. The Morgan fingerprint density at radius 2 is 2.05 bits per heavy atom. The Bertz CT molecular complexity index is 471. The first-order valence-electron chi connectivity index (χ1n) is 7.10. The van der Waals surface area contributed by atoms with Gasteiger partial charge < -0.3 is 10.2 Å². The molecule has 1 N–H and O–H groups in total. The molecular formula is C15H20F2N2. The maximum absolute atomic E-state index is 14.2. The third-order valence-electron chi connectivity index (χ3n) is 4.20. The van der Waals surface area contributed by atoms with E-state index in [1.807, 2.05) is 4.90 Å². The highest BCUT2D eigenvalue weighted by atomic mass is 19.1. The van der Waals surface area contributed by atoms with Crippen LogP contribution >= 0.6 is 0 Å². The molecule has 4 heteroatoms. The summed E-state index contributed by atoms with van der Waals surface area (Å²) >= 11 is 0. The normalized spacial score (nSPS) is 24.4. The second-order valence-corrected chi connectivity index (χ2v) is 5.72. The number of aryl methyl sites for hydroxylation is 1. The summed E-state index contributed by atoms with van der Waals surface area (Å²) in [6.45, 7) is 4.05. The average molecular weight is 266 g/mol. The van der Waals surface area contributed by atoms with Gasteiger partial charge in [-0.2, -0.15) is 0 Å². The molecule has 1 saturated carbocycles. The number of benzene rings is 1. The molecule has 2 nitrogen and oxygen atoms in total. The van der Waals surface area contributed by atoms with Gasteiger partial charge in [0.2, 0.25) is 0 Å². The molecule has 1 aromatic rings. The molecule has 0 bridgehead atoms. The Balaban J connectivity index is 1.89. The lowest BCUT2D eigenvalue weighted by Gasteiger charge is -2.27. The first kappa shape index (κ1) is 12.9. The van der Waals surface area contributed by atoms with E-state index in [-0.39, 0.29) is 5.69 Å². The van der Waals surface area contributed by atoms with Crippen molar-refractivity contribution in [1.82, 2.24) is 5.32 Å². The molecule has 19 heavy (non-hydrogen) atoms. The van der Waals surface area contributed by atoms with Crippen molar-refractivity contribution in [2.24, 2.45) is 5.92 Å². The molecule has 1 aromatic carbocycles. The second kappa shape index (κ2) is 5.08. The molecule has 104 valence electrons. The SMILES string of the molecule is Cc1ccc(F)c(N2CCCNC(C3CC3)C2)c1F. The number of nitrogens with zero attached hydrogens (tertiary/aromatic N) is 1.